The molecule has 7 nitrogen and oxygen atoms in total. The van der Waals surface area contributed by atoms with Gasteiger partial charge < -0.3 is 20.4 Å². The van der Waals surface area contributed by atoms with Crippen LogP contribution in [0.1, 0.15) is 0 Å². The van der Waals surface area contributed by atoms with Crippen molar-refractivity contribution in [1.82, 2.24) is 16.0 Å². The van der Waals surface area contributed by atoms with Gasteiger partial charge in [0.2, 0.25) is 5.97 Å². The molecule has 0 fully saturated rings. The van der Waals surface area contributed by atoms with Crippen molar-refractivity contribution in [2.75, 3.05) is 20.2 Å². The van der Waals surface area contributed by atoms with Crippen LogP contribution in [0, 0.1) is 0 Å². The summed E-state index contributed by atoms with van der Waals surface area (Å²) in [5, 5.41) is 40.6. The summed E-state index contributed by atoms with van der Waals surface area (Å²) in [6, 6.07) is 0. The van der Waals surface area contributed by atoms with Crippen molar-refractivity contribution in [3.05, 3.63) is 0 Å². The van der Waals surface area contributed by atoms with Crippen molar-refractivity contribution in [2.45, 2.75) is 5.97 Å². The minimum atomic E-state index is -1.85. The van der Waals surface area contributed by atoms with E-state index in [2.05, 4.69) is 16.0 Å². The van der Waals surface area contributed by atoms with Gasteiger partial charge in [0.25, 0.3) is 0 Å². The van der Waals surface area contributed by atoms with Gasteiger partial charge in [0.1, 0.15) is 0 Å². The maximum atomic E-state index is 9.20. The van der Waals surface area contributed by atoms with Crippen LogP contribution in [0.4, 0.5) is 0 Å². The lowest BCUT2D eigenvalue weighted by molar-refractivity contribution is -0.100. The first-order valence-corrected chi connectivity index (χ1v) is 2.98. The zero-order valence-corrected chi connectivity index (χ0v) is 5.91. The molecule has 0 aromatic carbocycles. The summed E-state index contributed by atoms with van der Waals surface area (Å²) in [5.41, 5.74) is 0. The molecule has 7 heteroatoms. The Morgan fingerprint density at radius 2 is 1.09 bits per heavy atom. The van der Waals surface area contributed by atoms with E-state index in [1.807, 2.05) is 0 Å². The molecule has 0 amide bonds. The fraction of sp³-hybridized carbons (Fsp3) is 1.00. The van der Waals surface area contributed by atoms with E-state index in [0.717, 1.165) is 0 Å². The Bertz CT molecular complexity index is 84.3. The van der Waals surface area contributed by atoms with Crippen LogP contribution in [0.2, 0.25) is 0 Å². The zero-order chi connectivity index (χ0) is 8.74. The molecule has 0 unspecified atom stereocenters. The van der Waals surface area contributed by atoms with Crippen molar-refractivity contribution in [2.24, 2.45) is 0 Å². The lowest BCUT2D eigenvalue weighted by Gasteiger charge is -2.28. The smallest absolute Gasteiger partial charge is 0.238 e. The summed E-state index contributed by atoms with van der Waals surface area (Å²) in [6.45, 7) is -1.51. The molecule has 11 heavy (non-hydrogen) atoms. The second kappa shape index (κ2) is 5.38. The molecular formula is C4H13N3O4. The van der Waals surface area contributed by atoms with Gasteiger partial charge in [0.05, 0.1) is 20.2 Å². The molecule has 0 atom stereocenters. The van der Waals surface area contributed by atoms with Crippen LogP contribution in [-0.2, 0) is 0 Å². The molecule has 0 spiro atoms. The molecule has 0 aliphatic carbocycles. The molecule has 0 aliphatic rings. The third kappa shape index (κ3) is 4.22. The second-order valence-electron chi connectivity index (χ2n) is 1.72. The molecule has 0 saturated carbocycles. The van der Waals surface area contributed by atoms with Crippen molar-refractivity contribution in [3.8, 4) is 0 Å². The van der Waals surface area contributed by atoms with E-state index in [1.54, 1.807) is 0 Å². The lowest BCUT2D eigenvalue weighted by atomic mass is 10.6. The predicted molar refractivity (Wildman–Crippen MR) is 35.6 cm³/mol. The van der Waals surface area contributed by atoms with Crippen molar-refractivity contribution >= 4 is 0 Å². The molecule has 0 aliphatic heterocycles. The molecule has 0 heterocycles. The molecule has 0 bridgehead atoms. The van der Waals surface area contributed by atoms with Crippen LogP contribution in [0.5, 0.6) is 0 Å². The largest absolute Gasteiger partial charge is 0.381 e. The van der Waals surface area contributed by atoms with Crippen LogP contribution in [0.15, 0.2) is 0 Å². The molecule has 7 N–H and O–H groups in total. The van der Waals surface area contributed by atoms with Gasteiger partial charge in [-0.25, -0.2) is 16.0 Å². The molecular weight excluding hydrogens is 154 g/mol. The summed E-state index contributed by atoms with van der Waals surface area (Å²) >= 11 is 0. The number of aliphatic hydroxyl groups excluding tert-OH is 3. The van der Waals surface area contributed by atoms with Crippen LogP contribution >= 0.6 is 0 Å². The summed E-state index contributed by atoms with van der Waals surface area (Å²) in [5.74, 6) is -1.85. The van der Waals surface area contributed by atoms with Crippen LogP contribution in [-0.4, -0.2) is 46.6 Å². The Morgan fingerprint density at radius 1 is 0.818 bits per heavy atom. The monoisotopic (exact) mass is 167 g/mol. The number of aliphatic hydroxyl groups is 4. The number of rotatable bonds is 6. The Kier molecular flexibility index (Phi) is 5.24. The number of hydrogen-bond donors (Lipinski definition) is 7. The van der Waals surface area contributed by atoms with Crippen molar-refractivity contribution in [3.63, 3.8) is 0 Å². The topological polar surface area (TPSA) is 117 Å². The first-order valence-electron chi connectivity index (χ1n) is 2.98. The molecule has 68 valence electrons. The van der Waals surface area contributed by atoms with E-state index in [0.29, 0.717) is 0 Å². The molecule has 0 radical (unpaired) electrons. The van der Waals surface area contributed by atoms with E-state index < -0.39 is 26.2 Å². The quantitative estimate of drug-likeness (QED) is 0.203. The minimum absolute atomic E-state index is 0.503. The van der Waals surface area contributed by atoms with Gasteiger partial charge in [0, 0.05) is 0 Å². The van der Waals surface area contributed by atoms with Gasteiger partial charge in [-0.05, 0) is 0 Å². The van der Waals surface area contributed by atoms with Crippen LogP contribution < -0.4 is 16.0 Å². The van der Waals surface area contributed by atoms with Crippen molar-refractivity contribution < 1.29 is 20.4 Å². The average molecular weight is 167 g/mol. The highest BCUT2D eigenvalue weighted by molar-refractivity contribution is 4.63. The van der Waals surface area contributed by atoms with E-state index in [4.69, 9.17) is 15.3 Å². The van der Waals surface area contributed by atoms with Crippen LogP contribution in [0.25, 0.3) is 0 Å². The highest BCUT2D eigenvalue weighted by atomic mass is 16.4. The summed E-state index contributed by atoms with van der Waals surface area (Å²) in [7, 11) is 0. The van der Waals surface area contributed by atoms with Gasteiger partial charge >= 0.3 is 0 Å². The standard InChI is InChI=1S/C4H13N3O4/c8-1-5-4(11,6-2-9)7-3-10/h5-11H,1-3H2. The minimum Gasteiger partial charge on any atom is -0.381 e. The Morgan fingerprint density at radius 3 is 1.27 bits per heavy atom. The van der Waals surface area contributed by atoms with Gasteiger partial charge in [-0.15, -0.1) is 0 Å². The van der Waals surface area contributed by atoms with Gasteiger partial charge in [-0.3, -0.25) is 0 Å². The lowest BCUT2D eigenvalue weighted by Crippen LogP contribution is -2.67. The fourth-order valence-corrected chi connectivity index (χ4v) is 0.531. The average Bonchev–Trinajstić information content (AvgIpc) is 1.88. The van der Waals surface area contributed by atoms with E-state index in [1.165, 1.54) is 0 Å². The number of hydrogen-bond acceptors (Lipinski definition) is 7. The van der Waals surface area contributed by atoms with Gasteiger partial charge in [-0.2, -0.15) is 0 Å². The SMILES string of the molecule is OCNC(O)(NCO)NCO. The molecule has 0 saturated heterocycles. The first-order chi connectivity index (χ1) is 5.18. The maximum Gasteiger partial charge on any atom is 0.238 e. The maximum absolute atomic E-state index is 9.20. The first kappa shape index (κ1) is 10.7. The van der Waals surface area contributed by atoms with E-state index in [9.17, 15) is 5.11 Å². The molecule has 0 aromatic heterocycles. The van der Waals surface area contributed by atoms with E-state index >= 15 is 0 Å². The Labute approximate surface area is 63.7 Å². The van der Waals surface area contributed by atoms with Gasteiger partial charge in [-0.1, -0.05) is 0 Å². The Balaban J connectivity index is 3.79. The second-order valence-corrected chi connectivity index (χ2v) is 1.72. The third-order valence-corrected chi connectivity index (χ3v) is 1.00. The highest BCUT2D eigenvalue weighted by Gasteiger charge is 2.22. The third-order valence-electron chi connectivity index (χ3n) is 1.00. The zero-order valence-electron chi connectivity index (χ0n) is 5.91. The normalized spacial score (nSPS) is 12.0. The summed E-state index contributed by atoms with van der Waals surface area (Å²) in [4.78, 5) is 0. The number of nitrogens with one attached hydrogen (secondary N) is 3. The van der Waals surface area contributed by atoms with E-state index in [-0.39, 0.29) is 0 Å². The van der Waals surface area contributed by atoms with Gasteiger partial charge in [0.15, 0.2) is 0 Å². The summed E-state index contributed by atoms with van der Waals surface area (Å²) < 4.78 is 0. The predicted octanol–water partition coefficient (Wildman–Crippen LogP) is -3.79. The highest BCUT2D eigenvalue weighted by Crippen LogP contribution is 1.84. The molecule has 0 rings (SSSR count). The van der Waals surface area contributed by atoms with Crippen LogP contribution in [0.3, 0.4) is 0 Å². The molecule has 0 aromatic rings. The summed E-state index contributed by atoms with van der Waals surface area (Å²) in [6.07, 6.45) is 0. The fourth-order valence-electron chi connectivity index (χ4n) is 0.531. The Hall–Kier alpha value is -0.280. The van der Waals surface area contributed by atoms with Crippen molar-refractivity contribution in [1.29, 1.82) is 0 Å².